The molecule has 5 nitrogen and oxygen atoms in total. The first-order chi connectivity index (χ1) is 9.55. The summed E-state index contributed by atoms with van der Waals surface area (Å²) >= 11 is 1.56. The molecule has 2 N–H and O–H groups in total. The van der Waals surface area contributed by atoms with Crippen LogP contribution in [0.2, 0.25) is 0 Å². The molecular weight excluding hydrogens is 276 g/mol. The maximum atomic E-state index is 11.7. The van der Waals surface area contributed by atoms with E-state index < -0.39 is 11.5 Å². The van der Waals surface area contributed by atoms with E-state index in [1.807, 2.05) is 13.8 Å². The Morgan fingerprint density at radius 1 is 1.70 bits per heavy atom. The molecule has 2 unspecified atom stereocenters. The van der Waals surface area contributed by atoms with E-state index in [0.717, 1.165) is 31.5 Å². The number of nitrogens with one attached hydrogen (secondary N) is 1. The topological polar surface area (TPSA) is 75.4 Å². The van der Waals surface area contributed by atoms with Gasteiger partial charge in [0.1, 0.15) is 11.8 Å². The van der Waals surface area contributed by atoms with Crippen molar-refractivity contribution in [1.29, 1.82) is 0 Å². The number of oxazole rings is 1. The number of carboxylic acids is 1. The van der Waals surface area contributed by atoms with Gasteiger partial charge >= 0.3 is 5.97 Å². The van der Waals surface area contributed by atoms with Gasteiger partial charge in [-0.1, -0.05) is 18.7 Å². The molecule has 1 aliphatic carbocycles. The van der Waals surface area contributed by atoms with Gasteiger partial charge in [-0.15, -0.1) is 0 Å². The van der Waals surface area contributed by atoms with Gasteiger partial charge in [-0.3, -0.25) is 4.79 Å². The molecule has 0 aliphatic heterocycles. The Kier molecular flexibility index (Phi) is 5.10. The molecule has 6 heteroatoms. The van der Waals surface area contributed by atoms with E-state index in [1.165, 1.54) is 0 Å². The lowest BCUT2D eigenvalue weighted by Crippen LogP contribution is -2.55. The quantitative estimate of drug-likeness (QED) is 0.841. The number of aryl methyl sites for hydroxylation is 1. The van der Waals surface area contributed by atoms with Gasteiger partial charge in [-0.05, 0) is 45.6 Å². The monoisotopic (exact) mass is 298 g/mol. The van der Waals surface area contributed by atoms with Crippen LogP contribution in [0.25, 0.3) is 0 Å². The van der Waals surface area contributed by atoms with Crippen molar-refractivity contribution in [3.63, 3.8) is 0 Å². The first-order valence-corrected chi connectivity index (χ1v) is 8.01. The smallest absolute Gasteiger partial charge is 0.323 e. The van der Waals surface area contributed by atoms with Crippen LogP contribution in [0.5, 0.6) is 0 Å². The molecule has 112 valence electrons. The highest BCUT2D eigenvalue weighted by Gasteiger charge is 2.43. The van der Waals surface area contributed by atoms with Crippen molar-refractivity contribution in [2.45, 2.75) is 62.0 Å². The Morgan fingerprint density at radius 3 is 3.10 bits per heavy atom. The molecule has 0 amide bonds. The summed E-state index contributed by atoms with van der Waals surface area (Å²) in [5.41, 5.74) is 0.0741. The van der Waals surface area contributed by atoms with Crippen molar-refractivity contribution < 1.29 is 14.3 Å². The molecule has 1 fully saturated rings. The molecule has 0 saturated heterocycles. The summed E-state index contributed by atoms with van der Waals surface area (Å²) in [7, 11) is 0. The van der Waals surface area contributed by atoms with Gasteiger partial charge in [0.05, 0.1) is 5.69 Å². The van der Waals surface area contributed by atoms with Gasteiger partial charge in [0.2, 0.25) is 0 Å². The van der Waals surface area contributed by atoms with E-state index in [2.05, 4.69) is 10.3 Å². The van der Waals surface area contributed by atoms with E-state index in [0.29, 0.717) is 18.1 Å². The third kappa shape index (κ3) is 3.55. The maximum absolute atomic E-state index is 11.7. The van der Waals surface area contributed by atoms with Crippen LogP contribution < -0.4 is 5.32 Å². The fourth-order valence-corrected chi connectivity index (χ4v) is 3.89. The zero-order valence-corrected chi connectivity index (χ0v) is 12.8. The number of carbonyl (C=O) groups is 1. The average molecular weight is 298 g/mol. The van der Waals surface area contributed by atoms with Crippen molar-refractivity contribution >= 4 is 17.7 Å². The largest absolute Gasteiger partial charge is 0.480 e. The molecule has 1 aromatic rings. The van der Waals surface area contributed by atoms with Crippen LogP contribution in [0.4, 0.5) is 0 Å². The number of hydrogen-bond donors (Lipinski definition) is 2. The van der Waals surface area contributed by atoms with Crippen LogP contribution >= 0.6 is 11.8 Å². The summed E-state index contributed by atoms with van der Waals surface area (Å²) in [6, 6.07) is 0. The minimum atomic E-state index is -0.784. The molecule has 1 heterocycles. The lowest BCUT2D eigenvalue weighted by atomic mass is 9.81. The van der Waals surface area contributed by atoms with Gasteiger partial charge in [0.25, 0.3) is 5.22 Å². The minimum Gasteiger partial charge on any atom is -0.480 e. The summed E-state index contributed by atoms with van der Waals surface area (Å²) in [6.07, 6.45) is 5.81. The summed E-state index contributed by atoms with van der Waals surface area (Å²) in [6.45, 7) is 4.67. The number of aromatic nitrogens is 1. The number of aliphatic carboxylic acids is 1. The molecule has 0 aromatic carbocycles. The fourth-order valence-electron chi connectivity index (χ4n) is 2.65. The summed E-state index contributed by atoms with van der Waals surface area (Å²) in [5, 5.41) is 13.7. The SMILES string of the molecule is CCCNC1(C(=O)O)CCCC(Sc2nc(C)co2)C1. The van der Waals surface area contributed by atoms with Crippen LogP contribution in [0.15, 0.2) is 15.9 Å². The van der Waals surface area contributed by atoms with E-state index in [4.69, 9.17) is 4.42 Å². The molecule has 0 spiro atoms. The van der Waals surface area contributed by atoms with Crippen molar-refractivity contribution in [2.24, 2.45) is 0 Å². The Morgan fingerprint density at radius 2 is 2.50 bits per heavy atom. The minimum absolute atomic E-state index is 0.238. The third-order valence-corrected chi connectivity index (χ3v) is 4.82. The first-order valence-electron chi connectivity index (χ1n) is 7.13. The Labute approximate surface area is 123 Å². The van der Waals surface area contributed by atoms with Crippen molar-refractivity contribution in [3.8, 4) is 0 Å². The van der Waals surface area contributed by atoms with Crippen molar-refractivity contribution in [3.05, 3.63) is 12.0 Å². The molecule has 1 saturated carbocycles. The molecule has 1 aromatic heterocycles. The lowest BCUT2D eigenvalue weighted by Gasteiger charge is -2.37. The molecule has 20 heavy (non-hydrogen) atoms. The van der Waals surface area contributed by atoms with Gasteiger partial charge < -0.3 is 14.8 Å². The molecule has 0 radical (unpaired) electrons. The second-order valence-corrected chi connectivity index (χ2v) is 6.66. The van der Waals surface area contributed by atoms with Crippen LogP contribution in [-0.4, -0.2) is 33.4 Å². The third-order valence-electron chi connectivity index (χ3n) is 3.69. The van der Waals surface area contributed by atoms with Gasteiger partial charge in [0.15, 0.2) is 0 Å². The highest BCUT2D eigenvalue weighted by atomic mass is 32.2. The van der Waals surface area contributed by atoms with Crippen LogP contribution in [-0.2, 0) is 4.79 Å². The Balaban J connectivity index is 2.03. The van der Waals surface area contributed by atoms with Crippen LogP contribution in [0.3, 0.4) is 0 Å². The lowest BCUT2D eigenvalue weighted by molar-refractivity contribution is -0.146. The van der Waals surface area contributed by atoms with Crippen LogP contribution in [0, 0.1) is 6.92 Å². The van der Waals surface area contributed by atoms with E-state index in [9.17, 15) is 9.90 Å². The number of carboxylic acid groups (broad SMARTS) is 1. The number of nitrogens with zero attached hydrogens (tertiary/aromatic N) is 1. The van der Waals surface area contributed by atoms with Crippen molar-refractivity contribution in [1.82, 2.24) is 10.3 Å². The van der Waals surface area contributed by atoms with E-state index in [-0.39, 0.29) is 5.25 Å². The van der Waals surface area contributed by atoms with Gasteiger partial charge in [0, 0.05) is 5.25 Å². The number of thioether (sulfide) groups is 1. The zero-order chi connectivity index (χ0) is 14.6. The predicted molar refractivity (Wildman–Crippen MR) is 78.0 cm³/mol. The fraction of sp³-hybridized carbons (Fsp3) is 0.714. The first kappa shape index (κ1) is 15.4. The second-order valence-electron chi connectivity index (χ2n) is 5.41. The molecule has 0 bridgehead atoms. The summed E-state index contributed by atoms with van der Waals surface area (Å²) < 4.78 is 5.36. The predicted octanol–water partition coefficient (Wildman–Crippen LogP) is 2.84. The van der Waals surface area contributed by atoms with E-state index >= 15 is 0 Å². The average Bonchev–Trinajstić information content (AvgIpc) is 2.82. The summed E-state index contributed by atoms with van der Waals surface area (Å²) in [5.74, 6) is -0.736. The Bertz CT molecular complexity index is 463. The number of hydrogen-bond acceptors (Lipinski definition) is 5. The van der Waals surface area contributed by atoms with Gasteiger partial charge in [-0.25, -0.2) is 4.98 Å². The second kappa shape index (κ2) is 6.63. The molecule has 2 rings (SSSR count). The van der Waals surface area contributed by atoms with Crippen LogP contribution in [0.1, 0.15) is 44.7 Å². The molecule has 1 aliphatic rings. The number of rotatable bonds is 6. The summed E-state index contributed by atoms with van der Waals surface area (Å²) in [4.78, 5) is 16.0. The Hall–Kier alpha value is -1.01. The van der Waals surface area contributed by atoms with Crippen molar-refractivity contribution in [2.75, 3.05) is 6.54 Å². The highest BCUT2D eigenvalue weighted by molar-refractivity contribution is 7.99. The zero-order valence-electron chi connectivity index (χ0n) is 12.0. The molecular formula is C14H22N2O3S. The normalized spacial score (nSPS) is 26.6. The molecule has 2 atom stereocenters. The highest BCUT2D eigenvalue weighted by Crippen LogP contribution is 2.38. The standard InChI is InChI=1S/C14H22N2O3S/c1-3-7-15-14(12(17)18)6-4-5-11(8-14)20-13-16-10(2)9-19-13/h9,11,15H,3-8H2,1-2H3,(H,17,18). The van der Waals surface area contributed by atoms with E-state index in [1.54, 1.807) is 18.0 Å². The van der Waals surface area contributed by atoms with Gasteiger partial charge in [-0.2, -0.15) is 0 Å². The maximum Gasteiger partial charge on any atom is 0.323 e.